The van der Waals surface area contributed by atoms with Crippen molar-refractivity contribution in [3.8, 4) is 0 Å². The highest BCUT2D eigenvalue weighted by Crippen LogP contribution is 2.23. The van der Waals surface area contributed by atoms with E-state index < -0.39 is 0 Å². The number of nitrogens with one attached hydrogen (secondary N) is 1. The zero-order valence-corrected chi connectivity index (χ0v) is 16.0. The highest BCUT2D eigenvalue weighted by atomic mass is 16.3. The second-order valence-electron chi connectivity index (χ2n) is 7.46. The molecule has 0 atom stereocenters. The van der Waals surface area contributed by atoms with Crippen LogP contribution in [0.15, 0.2) is 59.0 Å². The number of nitrogens with zero attached hydrogens (tertiary/aromatic N) is 1. The number of furan rings is 1. The Morgan fingerprint density at radius 3 is 2.61 bits per heavy atom. The molecule has 2 heterocycles. The molecule has 2 amide bonds. The maximum absolute atomic E-state index is 12.7. The molecule has 1 N–H and O–H groups in total. The van der Waals surface area contributed by atoms with Gasteiger partial charge in [-0.3, -0.25) is 9.59 Å². The van der Waals surface area contributed by atoms with Gasteiger partial charge in [-0.05, 0) is 49.9 Å². The van der Waals surface area contributed by atoms with Crippen molar-refractivity contribution in [2.45, 2.75) is 19.8 Å². The molecule has 0 radical (unpaired) electrons. The average molecular weight is 376 g/mol. The molecular formula is C23H24N2O3. The zero-order chi connectivity index (χ0) is 19.5. The predicted octanol–water partition coefficient (Wildman–Crippen LogP) is 4.02. The molecule has 5 heteroatoms. The molecular weight excluding hydrogens is 352 g/mol. The van der Waals surface area contributed by atoms with Crippen molar-refractivity contribution in [1.29, 1.82) is 0 Å². The van der Waals surface area contributed by atoms with E-state index in [1.807, 2.05) is 66.4 Å². The molecule has 1 aromatic heterocycles. The van der Waals surface area contributed by atoms with Crippen LogP contribution in [0.5, 0.6) is 0 Å². The van der Waals surface area contributed by atoms with Gasteiger partial charge in [-0.25, -0.2) is 0 Å². The minimum absolute atomic E-state index is 0.0375. The Hall–Kier alpha value is -3.08. The summed E-state index contributed by atoms with van der Waals surface area (Å²) in [6, 6.07) is 17.1. The maximum Gasteiger partial charge on any atom is 0.289 e. The lowest BCUT2D eigenvalue weighted by molar-refractivity contribution is 0.0655. The minimum atomic E-state index is -0.0570. The van der Waals surface area contributed by atoms with Crippen LogP contribution in [0.4, 0.5) is 0 Å². The van der Waals surface area contributed by atoms with Gasteiger partial charge in [0.15, 0.2) is 5.76 Å². The summed E-state index contributed by atoms with van der Waals surface area (Å²) in [6.45, 7) is 3.98. The number of para-hydroxylation sites is 1. The third-order valence-electron chi connectivity index (χ3n) is 5.37. The van der Waals surface area contributed by atoms with Crippen LogP contribution in [-0.2, 0) is 0 Å². The van der Waals surface area contributed by atoms with Crippen LogP contribution in [0.2, 0.25) is 0 Å². The lowest BCUT2D eigenvalue weighted by Crippen LogP contribution is -2.41. The fourth-order valence-electron chi connectivity index (χ4n) is 3.71. The number of aryl methyl sites for hydroxylation is 1. The van der Waals surface area contributed by atoms with Crippen molar-refractivity contribution in [2.75, 3.05) is 19.6 Å². The van der Waals surface area contributed by atoms with Crippen molar-refractivity contribution >= 4 is 22.8 Å². The molecule has 0 bridgehead atoms. The number of amides is 2. The smallest absolute Gasteiger partial charge is 0.289 e. The Balaban J connectivity index is 1.29. The van der Waals surface area contributed by atoms with Gasteiger partial charge in [-0.2, -0.15) is 0 Å². The number of rotatable bonds is 4. The van der Waals surface area contributed by atoms with Gasteiger partial charge in [0.1, 0.15) is 5.58 Å². The molecule has 4 rings (SSSR count). The molecule has 1 saturated heterocycles. The van der Waals surface area contributed by atoms with Crippen LogP contribution < -0.4 is 5.32 Å². The van der Waals surface area contributed by atoms with Gasteiger partial charge in [0.25, 0.3) is 11.8 Å². The zero-order valence-electron chi connectivity index (χ0n) is 16.0. The Kier molecular flexibility index (Phi) is 5.15. The van der Waals surface area contributed by atoms with Crippen molar-refractivity contribution in [2.24, 2.45) is 5.92 Å². The molecule has 144 valence electrons. The Labute approximate surface area is 164 Å². The second kappa shape index (κ2) is 7.89. The van der Waals surface area contributed by atoms with Gasteiger partial charge in [-0.15, -0.1) is 0 Å². The summed E-state index contributed by atoms with van der Waals surface area (Å²) < 4.78 is 5.70. The first-order valence-electron chi connectivity index (χ1n) is 9.73. The largest absolute Gasteiger partial charge is 0.451 e. The summed E-state index contributed by atoms with van der Waals surface area (Å²) >= 11 is 0. The fourth-order valence-corrected chi connectivity index (χ4v) is 3.71. The number of fused-ring (bicyclic) bond motifs is 1. The van der Waals surface area contributed by atoms with Gasteiger partial charge < -0.3 is 14.6 Å². The van der Waals surface area contributed by atoms with E-state index >= 15 is 0 Å². The normalized spacial score (nSPS) is 15.0. The first-order chi connectivity index (χ1) is 13.6. The van der Waals surface area contributed by atoms with Gasteiger partial charge in [0.05, 0.1) is 0 Å². The molecule has 1 aliphatic heterocycles. The number of hydrogen-bond acceptors (Lipinski definition) is 3. The summed E-state index contributed by atoms with van der Waals surface area (Å²) in [5.74, 6) is 0.684. The first kappa shape index (κ1) is 18.3. The summed E-state index contributed by atoms with van der Waals surface area (Å²) in [5.41, 5.74) is 2.50. The topological polar surface area (TPSA) is 62.6 Å². The molecule has 28 heavy (non-hydrogen) atoms. The van der Waals surface area contributed by atoms with Gasteiger partial charge in [0, 0.05) is 30.6 Å². The summed E-state index contributed by atoms with van der Waals surface area (Å²) in [5, 5.41) is 3.97. The van der Waals surface area contributed by atoms with Crippen LogP contribution >= 0.6 is 0 Å². The van der Waals surface area contributed by atoms with Crippen molar-refractivity contribution in [1.82, 2.24) is 10.2 Å². The highest BCUT2D eigenvalue weighted by molar-refractivity contribution is 5.96. The SMILES string of the molecule is Cc1cccc(C(=O)NCC2CCN(C(=O)c3cc4ccccc4o3)CC2)c1. The number of benzene rings is 2. The van der Waals surface area contributed by atoms with E-state index in [1.165, 1.54) is 0 Å². The van der Waals surface area contributed by atoms with E-state index in [0.717, 1.165) is 29.4 Å². The number of hydrogen-bond donors (Lipinski definition) is 1. The van der Waals surface area contributed by atoms with Crippen LogP contribution in [0.3, 0.4) is 0 Å². The third-order valence-corrected chi connectivity index (χ3v) is 5.37. The second-order valence-corrected chi connectivity index (χ2v) is 7.46. The molecule has 5 nitrogen and oxygen atoms in total. The third kappa shape index (κ3) is 3.93. The first-order valence-corrected chi connectivity index (χ1v) is 9.73. The fraction of sp³-hybridized carbons (Fsp3) is 0.304. The highest BCUT2D eigenvalue weighted by Gasteiger charge is 2.26. The molecule has 2 aromatic carbocycles. The van der Waals surface area contributed by atoms with E-state index in [9.17, 15) is 9.59 Å². The van der Waals surface area contributed by atoms with Gasteiger partial charge >= 0.3 is 0 Å². The predicted molar refractivity (Wildman–Crippen MR) is 108 cm³/mol. The number of carbonyl (C=O) groups is 2. The van der Waals surface area contributed by atoms with Crippen LogP contribution in [0.1, 0.15) is 39.3 Å². The molecule has 0 saturated carbocycles. The Bertz CT molecular complexity index is 967. The average Bonchev–Trinajstić information content (AvgIpc) is 3.16. The number of carbonyl (C=O) groups excluding carboxylic acids is 2. The van der Waals surface area contributed by atoms with Gasteiger partial charge in [0.2, 0.25) is 0 Å². The van der Waals surface area contributed by atoms with Crippen LogP contribution in [0.25, 0.3) is 11.0 Å². The molecule has 3 aromatic rings. The number of piperidine rings is 1. The van der Waals surface area contributed by atoms with E-state index in [-0.39, 0.29) is 11.8 Å². The molecule has 1 aliphatic rings. The molecule has 0 aliphatic carbocycles. The van der Waals surface area contributed by atoms with E-state index in [4.69, 9.17) is 4.42 Å². The number of likely N-dealkylation sites (tertiary alicyclic amines) is 1. The van der Waals surface area contributed by atoms with E-state index in [1.54, 1.807) is 0 Å². The maximum atomic E-state index is 12.7. The summed E-state index contributed by atoms with van der Waals surface area (Å²) in [7, 11) is 0. The molecule has 0 spiro atoms. The monoisotopic (exact) mass is 376 g/mol. The van der Waals surface area contributed by atoms with Crippen LogP contribution in [-0.4, -0.2) is 36.3 Å². The minimum Gasteiger partial charge on any atom is -0.451 e. The van der Waals surface area contributed by atoms with Crippen LogP contribution in [0, 0.1) is 12.8 Å². The van der Waals surface area contributed by atoms with Crippen molar-refractivity contribution in [3.63, 3.8) is 0 Å². The molecule has 1 fully saturated rings. The quantitative estimate of drug-likeness (QED) is 0.748. The van der Waals surface area contributed by atoms with Crippen molar-refractivity contribution < 1.29 is 14.0 Å². The molecule has 0 unspecified atom stereocenters. The summed E-state index contributed by atoms with van der Waals surface area (Å²) in [4.78, 5) is 26.9. The Morgan fingerprint density at radius 2 is 1.86 bits per heavy atom. The lowest BCUT2D eigenvalue weighted by atomic mass is 9.96. The summed E-state index contributed by atoms with van der Waals surface area (Å²) in [6.07, 6.45) is 1.75. The van der Waals surface area contributed by atoms with E-state index in [2.05, 4.69) is 5.32 Å². The lowest BCUT2D eigenvalue weighted by Gasteiger charge is -2.31. The van der Waals surface area contributed by atoms with E-state index in [0.29, 0.717) is 36.9 Å². The van der Waals surface area contributed by atoms with Gasteiger partial charge in [-0.1, -0.05) is 35.9 Å². The standard InChI is InChI=1S/C23H24N2O3/c1-16-5-4-7-19(13-16)22(26)24-15-17-9-11-25(12-10-17)23(27)21-14-18-6-2-3-8-20(18)28-21/h2-8,13-14,17H,9-12,15H2,1H3,(H,24,26). The Morgan fingerprint density at radius 1 is 1.07 bits per heavy atom. The van der Waals surface area contributed by atoms with Crippen molar-refractivity contribution in [3.05, 3.63) is 71.5 Å².